The summed E-state index contributed by atoms with van der Waals surface area (Å²) in [6.45, 7) is 2.44. The minimum atomic E-state index is -1.23. The highest BCUT2D eigenvalue weighted by Gasteiger charge is 2.53. The van der Waals surface area contributed by atoms with Crippen LogP contribution in [0.25, 0.3) is 0 Å². The third-order valence-corrected chi connectivity index (χ3v) is 3.84. The van der Waals surface area contributed by atoms with Crippen molar-refractivity contribution in [2.75, 3.05) is 23.9 Å². The smallest absolute Gasteiger partial charge is 0.322 e. The van der Waals surface area contributed by atoms with Crippen molar-refractivity contribution in [2.24, 2.45) is 5.41 Å². The molecule has 5 heteroatoms. The van der Waals surface area contributed by atoms with E-state index in [4.69, 9.17) is 16.3 Å². The molecule has 1 fully saturated rings. The van der Waals surface area contributed by atoms with Gasteiger partial charge in [-0.2, -0.15) is 0 Å². The molecule has 1 amide bonds. The van der Waals surface area contributed by atoms with Crippen LogP contribution in [0.3, 0.4) is 0 Å². The Hall–Kier alpha value is -1.55. The largest absolute Gasteiger partial charge is 0.465 e. The van der Waals surface area contributed by atoms with E-state index in [-0.39, 0.29) is 18.4 Å². The van der Waals surface area contributed by atoms with Crippen LogP contribution in [-0.2, 0) is 14.3 Å². The zero-order valence-electron chi connectivity index (χ0n) is 10.8. The van der Waals surface area contributed by atoms with E-state index in [0.717, 1.165) is 5.69 Å². The van der Waals surface area contributed by atoms with Gasteiger partial charge in [0.1, 0.15) is 0 Å². The topological polar surface area (TPSA) is 46.6 Å². The van der Waals surface area contributed by atoms with E-state index in [0.29, 0.717) is 13.0 Å². The van der Waals surface area contributed by atoms with E-state index < -0.39 is 11.4 Å². The third-order valence-electron chi connectivity index (χ3n) is 3.38. The predicted molar refractivity (Wildman–Crippen MR) is 73.2 cm³/mol. The molecule has 1 unspecified atom stereocenters. The number of para-hydroxylation sites is 1. The van der Waals surface area contributed by atoms with Gasteiger partial charge < -0.3 is 9.64 Å². The van der Waals surface area contributed by atoms with Crippen molar-refractivity contribution in [3.8, 4) is 0 Å². The Kier molecular flexibility index (Phi) is 4.10. The van der Waals surface area contributed by atoms with E-state index >= 15 is 0 Å². The quantitative estimate of drug-likeness (QED) is 0.483. The van der Waals surface area contributed by atoms with E-state index in [2.05, 4.69) is 0 Å². The molecular weight excluding hydrogens is 266 g/mol. The van der Waals surface area contributed by atoms with Gasteiger partial charge in [-0.25, -0.2) is 0 Å². The number of hydrogen-bond acceptors (Lipinski definition) is 3. The van der Waals surface area contributed by atoms with Gasteiger partial charge in [-0.1, -0.05) is 18.2 Å². The Morgan fingerprint density at radius 3 is 2.68 bits per heavy atom. The number of carbonyl (C=O) groups is 2. The molecular formula is C14H16ClNO3. The lowest BCUT2D eigenvalue weighted by molar-refractivity contribution is -0.157. The van der Waals surface area contributed by atoms with Gasteiger partial charge in [0.15, 0.2) is 5.41 Å². The van der Waals surface area contributed by atoms with E-state index in [1.54, 1.807) is 11.8 Å². The normalized spacial score (nSPS) is 22.6. The second-order valence-corrected chi connectivity index (χ2v) is 4.75. The van der Waals surface area contributed by atoms with Gasteiger partial charge >= 0.3 is 5.97 Å². The lowest BCUT2D eigenvalue weighted by atomic mass is 9.89. The predicted octanol–water partition coefficient (Wildman–Crippen LogP) is 2.21. The number of alkyl halides is 1. The molecule has 0 spiro atoms. The molecule has 0 aromatic heterocycles. The Labute approximate surface area is 117 Å². The van der Waals surface area contributed by atoms with Crippen LogP contribution in [0.5, 0.6) is 0 Å². The molecule has 0 radical (unpaired) electrons. The number of carbonyl (C=O) groups excluding carboxylic acids is 2. The van der Waals surface area contributed by atoms with Crippen molar-refractivity contribution in [3.63, 3.8) is 0 Å². The Bertz CT molecular complexity index is 477. The molecule has 102 valence electrons. The highest BCUT2D eigenvalue weighted by molar-refractivity contribution is 6.25. The van der Waals surface area contributed by atoms with Gasteiger partial charge in [0, 0.05) is 18.1 Å². The highest BCUT2D eigenvalue weighted by atomic mass is 35.5. The first-order valence-corrected chi connectivity index (χ1v) is 6.79. The maximum Gasteiger partial charge on any atom is 0.322 e. The molecule has 4 nitrogen and oxygen atoms in total. The molecule has 1 heterocycles. The van der Waals surface area contributed by atoms with Gasteiger partial charge in [-0.3, -0.25) is 9.59 Å². The summed E-state index contributed by atoms with van der Waals surface area (Å²) < 4.78 is 5.00. The number of esters is 1. The Morgan fingerprint density at radius 1 is 1.42 bits per heavy atom. The average molecular weight is 282 g/mol. The number of rotatable bonds is 4. The SMILES string of the molecule is CCOC(=O)C1(CCl)CCN(c2ccccc2)C1=O. The van der Waals surface area contributed by atoms with Crippen molar-refractivity contribution in [1.82, 2.24) is 0 Å². The number of nitrogens with zero attached hydrogens (tertiary/aromatic N) is 1. The number of benzene rings is 1. The number of anilines is 1. The van der Waals surface area contributed by atoms with Crippen LogP contribution >= 0.6 is 11.6 Å². The molecule has 1 aliphatic rings. The first-order valence-electron chi connectivity index (χ1n) is 6.26. The van der Waals surface area contributed by atoms with Gasteiger partial charge in [0.25, 0.3) is 0 Å². The maximum atomic E-state index is 12.5. The zero-order valence-corrected chi connectivity index (χ0v) is 11.5. The minimum absolute atomic E-state index is 0.0476. The second-order valence-electron chi connectivity index (χ2n) is 4.48. The summed E-state index contributed by atoms with van der Waals surface area (Å²) in [6.07, 6.45) is 0.392. The number of hydrogen-bond donors (Lipinski definition) is 0. The number of amides is 1. The molecule has 1 aromatic carbocycles. The standard InChI is InChI=1S/C14H16ClNO3/c1-2-19-13(18)14(10-15)8-9-16(12(14)17)11-6-4-3-5-7-11/h3-7H,2,8-10H2,1H3. The Balaban J connectivity index is 2.27. The summed E-state index contributed by atoms with van der Waals surface area (Å²) in [6, 6.07) is 9.27. The van der Waals surface area contributed by atoms with Gasteiger partial charge in [-0.05, 0) is 25.5 Å². The molecule has 1 aliphatic heterocycles. The fourth-order valence-corrected chi connectivity index (χ4v) is 2.62. The fraction of sp³-hybridized carbons (Fsp3) is 0.429. The van der Waals surface area contributed by atoms with Crippen molar-refractivity contribution in [2.45, 2.75) is 13.3 Å². The molecule has 0 N–H and O–H groups in total. The molecule has 1 aromatic rings. The third kappa shape index (κ3) is 2.32. The van der Waals surface area contributed by atoms with Gasteiger partial charge in [0.2, 0.25) is 5.91 Å². The van der Waals surface area contributed by atoms with Crippen LogP contribution in [0.1, 0.15) is 13.3 Å². The molecule has 0 aliphatic carbocycles. The first-order chi connectivity index (χ1) is 9.15. The van der Waals surface area contributed by atoms with Crippen molar-refractivity contribution < 1.29 is 14.3 Å². The zero-order chi connectivity index (χ0) is 13.9. The van der Waals surface area contributed by atoms with Crippen LogP contribution in [-0.4, -0.2) is 30.9 Å². The molecule has 2 rings (SSSR count). The summed E-state index contributed by atoms with van der Waals surface area (Å²) in [4.78, 5) is 26.1. The second kappa shape index (κ2) is 5.61. The average Bonchev–Trinajstić information content (AvgIpc) is 2.78. The summed E-state index contributed by atoms with van der Waals surface area (Å²) in [5, 5.41) is 0. The summed E-state index contributed by atoms with van der Waals surface area (Å²) in [5.74, 6) is -0.839. The molecule has 1 saturated heterocycles. The Morgan fingerprint density at radius 2 is 2.11 bits per heavy atom. The van der Waals surface area contributed by atoms with Gasteiger partial charge in [0.05, 0.1) is 6.61 Å². The van der Waals surface area contributed by atoms with E-state index in [9.17, 15) is 9.59 Å². The molecule has 0 bridgehead atoms. The highest BCUT2D eigenvalue weighted by Crippen LogP contribution is 2.37. The van der Waals surface area contributed by atoms with Crippen molar-refractivity contribution in [1.29, 1.82) is 0 Å². The van der Waals surface area contributed by atoms with Crippen LogP contribution in [0.2, 0.25) is 0 Å². The van der Waals surface area contributed by atoms with Crippen LogP contribution in [0.15, 0.2) is 30.3 Å². The van der Waals surface area contributed by atoms with Crippen molar-refractivity contribution in [3.05, 3.63) is 30.3 Å². The minimum Gasteiger partial charge on any atom is -0.465 e. The number of halogens is 1. The van der Waals surface area contributed by atoms with Crippen LogP contribution < -0.4 is 4.90 Å². The fourth-order valence-electron chi connectivity index (χ4n) is 2.26. The molecule has 0 saturated carbocycles. The summed E-state index contributed by atoms with van der Waals surface area (Å²) in [7, 11) is 0. The van der Waals surface area contributed by atoms with Crippen molar-refractivity contribution >= 4 is 29.2 Å². The monoisotopic (exact) mass is 281 g/mol. The molecule has 1 atom stereocenters. The van der Waals surface area contributed by atoms with E-state index in [1.807, 2.05) is 30.3 Å². The van der Waals surface area contributed by atoms with Crippen LogP contribution in [0, 0.1) is 5.41 Å². The van der Waals surface area contributed by atoms with E-state index in [1.165, 1.54) is 0 Å². The molecule has 19 heavy (non-hydrogen) atoms. The lowest BCUT2D eigenvalue weighted by Gasteiger charge is -2.23. The lowest BCUT2D eigenvalue weighted by Crippen LogP contribution is -2.43. The first kappa shape index (κ1) is 13.9. The summed E-state index contributed by atoms with van der Waals surface area (Å²) in [5.41, 5.74) is -0.447. The summed E-state index contributed by atoms with van der Waals surface area (Å²) >= 11 is 5.89. The number of ether oxygens (including phenoxy) is 1. The van der Waals surface area contributed by atoms with Gasteiger partial charge in [-0.15, -0.1) is 11.6 Å². The van der Waals surface area contributed by atoms with Crippen LogP contribution in [0.4, 0.5) is 5.69 Å². The maximum absolute atomic E-state index is 12.5.